The maximum Gasteiger partial charge on any atom is 0.0819 e. The third kappa shape index (κ3) is 0.930. The lowest BCUT2D eigenvalue weighted by Gasteiger charge is -2.12. The Bertz CT molecular complexity index is 487. The van der Waals surface area contributed by atoms with Crippen LogP contribution in [-0.2, 0) is 13.0 Å². The van der Waals surface area contributed by atoms with E-state index in [0.717, 1.165) is 28.8 Å². The molecule has 0 atom stereocenters. The van der Waals surface area contributed by atoms with Crippen LogP contribution >= 0.6 is 0 Å². The highest BCUT2D eigenvalue weighted by Crippen LogP contribution is 2.28. The SMILES string of the molecule is Fn1c2c(c3ccccc31)CCNC2. The topological polar surface area (TPSA) is 17.0 Å². The Kier molecular flexibility index (Phi) is 1.61. The van der Waals surface area contributed by atoms with E-state index in [4.69, 9.17) is 0 Å². The van der Waals surface area contributed by atoms with Gasteiger partial charge in [-0.05, 0) is 24.6 Å². The van der Waals surface area contributed by atoms with Gasteiger partial charge in [-0.25, -0.2) is 0 Å². The van der Waals surface area contributed by atoms with Crippen molar-refractivity contribution < 1.29 is 4.48 Å². The van der Waals surface area contributed by atoms with Gasteiger partial charge in [0.1, 0.15) is 0 Å². The summed E-state index contributed by atoms with van der Waals surface area (Å²) in [5, 5.41) is 4.24. The minimum Gasteiger partial charge on any atom is -0.311 e. The lowest BCUT2D eigenvalue weighted by Crippen LogP contribution is -2.24. The first-order chi connectivity index (χ1) is 6.88. The van der Waals surface area contributed by atoms with Gasteiger partial charge in [0.2, 0.25) is 0 Å². The van der Waals surface area contributed by atoms with Gasteiger partial charge in [-0.3, -0.25) is 0 Å². The van der Waals surface area contributed by atoms with E-state index >= 15 is 0 Å². The van der Waals surface area contributed by atoms with E-state index in [0.29, 0.717) is 12.1 Å². The molecule has 1 aliphatic heterocycles. The average Bonchev–Trinajstić information content (AvgIpc) is 2.55. The minimum absolute atomic E-state index is 0.639. The normalized spacial score (nSPS) is 15.8. The van der Waals surface area contributed by atoms with Crippen LogP contribution in [0.5, 0.6) is 0 Å². The first-order valence-electron chi connectivity index (χ1n) is 4.86. The molecule has 0 amide bonds. The monoisotopic (exact) mass is 190 g/mol. The Morgan fingerprint density at radius 3 is 3.07 bits per heavy atom. The van der Waals surface area contributed by atoms with Gasteiger partial charge in [-0.1, -0.05) is 22.7 Å². The molecule has 1 aromatic carbocycles. The van der Waals surface area contributed by atoms with Gasteiger partial charge in [0.25, 0.3) is 0 Å². The largest absolute Gasteiger partial charge is 0.311 e. The Hall–Kier alpha value is -1.35. The lowest BCUT2D eigenvalue weighted by molar-refractivity contribution is 0.361. The number of halogens is 1. The molecule has 1 aliphatic rings. The Labute approximate surface area is 81.3 Å². The number of fused-ring (bicyclic) bond motifs is 3. The summed E-state index contributed by atoms with van der Waals surface area (Å²) in [5.74, 6) is 0. The molecule has 14 heavy (non-hydrogen) atoms. The second-order valence-electron chi connectivity index (χ2n) is 3.65. The molecule has 2 nitrogen and oxygen atoms in total. The summed E-state index contributed by atoms with van der Waals surface area (Å²) in [6, 6.07) is 7.66. The molecule has 2 aromatic rings. The quantitative estimate of drug-likeness (QED) is 0.672. The molecule has 0 saturated carbocycles. The standard InChI is InChI=1S/C11H11FN2/c12-14-10-4-2-1-3-8(10)9-5-6-13-7-11(9)14/h1-4,13H,5-7H2. The Morgan fingerprint density at radius 2 is 2.14 bits per heavy atom. The van der Waals surface area contributed by atoms with Crippen molar-refractivity contribution in [2.24, 2.45) is 0 Å². The van der Waals surface area contributed by atoms with E-state index in [1.54, 1.807) is 0 Å². The van der Waals surface area contributed by atoms with E-state index in [9.17, 15) is 4.48 Å². The van der Waals surface area contributed by atoms with E-state index in [-0.39, 0.29) is 0 Å². The van der Waals surface area contributed by atoms with Crippen molar-refractivity contribution in [2.45, 2.75) is 13.0 Å². The Morgan fingerprint density at radius 1 is 1.29 bits per heavy atom. The highest BCUT2D eigenvalue weighted by atomic mass is 19.2. The van der Waals surface area contributed by atoms with Crippen LogP contribution in [-0.4, -0.2) is 11.3 Å². The van der Waals surface area contributed by atoms with Gasteiger partial charge < -0.3 is 5.32 Å². The maximum absolute atomic E-state index is 13.8. The van der Waals surface area contributed by atoms with Crippen molar-refractivity contribution in [1.82, 2.24) is 10.1 Å². The molecule has 72 valence electrons. The second kappa shape index (κ2) is 2.82. The van der Waals surface area contributed by atoms with Crippen molar-refractivity contribution in [3.05, 3.63) is 35.5 Å². The van der Waals surface area contributed by atoms with Gasteiger partial charge in [-0.15, -0.1) is 0 Å². The number of nitrogens with one attached hydrogen (secondary N) is 1. The summed E-state index contributed by atoms with van der Waals surface area (Å²) >= 11 is 0. The molecule has 0 aliphatic carbocycles. The van der Waals surface area contributed by atoms with Crippen molar-refractivity contribution >= 4 is 10.9 Å². The zero-order valence-corrected chi connectivity index (χ0v) is 7.76. The summed E-state index contributed by atoms with van der Waals surface area (Å²) < 4.78 is 13.8. The third-order valence-corrected chi connectivity index (χ3v) is 2.87. The first-order valence-corrected chi connectivity index (χ1v) is 4.86. The zero-order chi connectivity index (χ0) is 9.54. The first kappa shape index (κ1) is 8.00. The minimum atomic E-state index is 0.639. The zero-order valence-electron chi connectivity index (χ0n) is 7.76. The van der Waals surface area contributed by atoms with Crippen molar-refractivity contribution in [2.75, 3.05) is 6.54 Å². The van der Waals surface area contributed by atoms with Gasteiger partial charge >= 0.3 is 0 Å². The number of aromatic nitrogens is 1. The molecule has 0 fully saturated rings. The van der Waals surface area contributed by atoms with Gasteiger partial charge in [0.05, 0.1) is 11.2 Å². The predicted molar refractivity (Wildman–Crippen MR) is 53.9 cm³/mol. The van der Waals surface area contributed by atoms with Crippen LogP contribution in [0.4, 0.5) is 4.48 Å². The van der Waals surface area contributed by atoms with Crippen molar-refractivity contribution in [1.29, 1.82) is 0 Å². The van der Waals surface area contributed by atoms with Crippen LogP contribution in [0.1, 0.15) is 11.3 Å². The molecule has 0 spiro atoms. The molecule has 2 heterocycles. The smallest absolute Gasteiger partial charge is 0.0819 e. The summed E-state index contributed by atoms with van der Waals surface area (Å²) in [7, 11) is 0. The summed E-state index contributed by atoms with van der Waals surface area (Å²) in [4.78, 5) is 0.816. The van der Waals surface area contributed by atoms with E-state index in [1.807, 2.05) is 24.3 Å². The molecule has 1 aromatic heterocycles. The van der Waals surface area contributed by atoms with Crippen LogP contribution in [0.3, 0.4) is 0 Å². The molecule has 0 radical (unpaired) electrons. The summed E-state index contributed by atoms with van der Waals surface area (Å²) in [6.07, 6.45) is 0.923. The van der Waals surface area contributed by atoms with Gasteiger partial charge in [0.15, 0.2) is 0 Å². The van der Waals surface area contributed by atoms with Crippen LogP contribution in [0, 0.1) is 0 Å². The molecular weight excluding hydrogens is 179 g/mol. The average molecular weight is 190 g/mol. The second-order valence-corrected chi connectivity index (χ2v) is 3.65. The molecule has 0 unspecified atom stereocenters. The maximum atomic E-state index is 13.8. The fourth-order valence-electron chi connectivity index (χ4n) is 2.19. The van der Waals surface area contributed by atoms with Crippen LogP contribution in [0.25, 0.3) is 10.9 Å². The van der Waals surface area contributed by atoms with Crippen molar-refractivity contribution in [3.8, 4) is 0 Å². The highest BCUT2D eigenvalue weighted by molar-refractivity contribution is 5.85. The number of hydrogen-bond donors (Lipinski definition) is 1. The molecule has 0 saturated heterocycles. The summed E-state index contributed by atoms with van der Waals surface area (Å²) in [6.45, 7) is 1.58. The molecular formula is C11H11FN2. The van der Waals surface area contributed by atoms with E-state index in [2.05, 4.69) is 5.32 Å². The fourth-order valence-corrected chi connectivity index (χ4v) is 2.19. The summed E-state index contributed by atoms with van der Waals surface area (Å²) in [5.41, 5.74) is 2.65. The Balaban J connectivity index is 2.41. The highest BCUT2D eigenvalue weighted by Gasteiger charge is 2.18. The predicted octanol–water partition coefficient (Wildman–Crippen LogP) is 2.02. The molecule has 0 bridgehead atoms. The number of rotatable bonds is 0. The van der Waals surface area contributed by atoms with Gasteiger partial charge in [-0.2, -0.15) is 4.79 Å². The molecule has 3 heteroatoms. The van der Waals surface area contributed by atoms with Crippen LogP contribution < -0.4 is 5.32 Å². The van der Waals surface area contributed by atoms with Gasteiger partial charge in [0, 0.05) is 11.9 Å². The third-order valence-electron chi connectivity index (χ3n) is 2.87. The fraction of sp³-hybridized carbons (Fsp3) is 0.273. The number of benzene rings is 1. The van der Waals surface area contributed by atoms with Crippen molar-refractivity contribution in [3.63, 3.8) is 0 Å². The lowest BCUT2D eigenvalue weighted by atomic mass is 10.1. The van der Waals surface area contributed by atoms with Crippen LogP contribution in [0.15, 0.2) is 24.3 Å². The molecule has 3 rings (SSSR count). The van der Waals surface area contributed by atoms with Crippen LogP contribution in [0.2, 0.25) is 0 Å². The number of hydrogen-bond acceptors (Lipinski definition) is 1. The van der Waals surface area contributed by atoms with E-state index in [1.165, 1.54) is 5.56 Å². The molecule has 1 N–H and O–H groups in total. The number of para-hydroxylation sites is 1. The van der Waals surface area contributed by atoms with E-state index < -0.39 is 0 Å². The number of nitrogens with zero attached hydrogens (tertiary/aromatic N) is 1.